The summed E-state index contributed by atoms with van der Waals surface area (Å²) in [5.41, 5.74) is 10.7. The Hall–Kier alpha value is -1.87. The van der Waals surface area contributed by atoms with Gasteiger partial charge in [-0.15, -0.1) is 0 Å². The van der Waals surface area contributed by atoms with Crippen LogP contribution in [0.15, 0.2) is 42.6 Å². The second-order valence-electron chi connectivity index (χ2n) is 4.82. The molecule has 18 heavy (non-hydrogen) atoms. The molecule has 92 valence electrons. The Kier molecular flexibility index (Phi) is 2.76. The van der Waals surface area contributed by atoms with Gasteiger partial charge < -0.3 is 5.73 Å². The summed E-state index contributed by atoms with van der Waals surface area (Å²) < 4.78 is 0. The van der Waals surface area contributed by atoms with E-state index in [0.717, 1.165) is 24.5 Å². The number of hydrogen-bond acceptors (Lipinski definition) is 3. The summed E-state index contributed by atoms with van der Waals surface area (Å²) in [5, 5.41) is 0. The molecule has 3 nitrogen and oxygen atoms in total. The molecule has 1 aliphatic heterocycles. The highest BCUT2D eigenvalue weighted by atomic mass is 15.2. The first kappa shape index (κ1) is 11.2. The second kappa shape index (κ2) is 4.42. The number of fused-ring (bicyclic) bond motifs is 1. The minimum Gasteiger partial charge on any atom is -0.398 e. The first-order chi connectivity index (χ1) is 8.75. The molecule has 1 aromatic carbocycles. The minimum absolute atomic E-state index is 0.318. The van der Waals surface area contributed by atoms with Crippen LogP contribution in [0.1, 0.15) is 29.8 Å². The molecule has 2 heterocycles. The Morgan fingerprint density at radius 2 is 2.06 bits per heavy atom. The van der Waals surface area contributed by atoms with E-state index in [-0.39, 0.29) is 0 Å². The third kappa shape index (κ3) is 1.87. The van der Waals surface area contributed by atoms with Gasteiger partial charge in [0.2, 0.25) is 0 Å². The average molecular weight is 239 g/mol. The predicted octanol–water partition coefficient (Wildman–Crippen LogP) is 2.74. The summed E-state index contributed by atoms with van der Waals surface area (Å²) in [7, 11) is 0. The molecular formula is C15H17N3. The lowest BCUT2D eigenvalue weighted by molar-refractivity contribution is 0.211. The van der Waals surface area contributed by atoms with Gasteiger partial charge in [-0.3, -0.25) is 9.88 Å². The van der Waals surface area contributed by atoms with E-state index in [9.17, 15) is 0 Å². The molecule has 0 saturated heterocycles. The van der Waals surface area contributed by atoms with E-state index in [0.29, 0.717) is 6.04 Å². The number of hydrogen-bond donors (Lipinski definition) is 1. The Morgan fingerprint density at radius 1 is 1.17 bits per heavy atom. The van der Waals surface area contributed by atoms with E-state index in [1.807, 2.05) is 30.5 Å². The van der Waals surface area contributed by atoms with E-state index in [2.05, 4.69) is 28.9 Å². The number of benzene rings is 1. The lowest BCUT2D eigenvalue weighted by atomic mass is 10.1. The van der Waals surface area contributed by atoms with Crippen LogP contribution in [0, 0.1) is 0 Å². The molecule has 0 spiro atoms. The number of rotatable bonds is 2. The lowest BCUT2D eigenvalue weighted by Gasteiger charge is -2.23. The first-order valence-corrected chi connectivity index (χ1v) is 6.27. The quantitative estimate of drug-likeness (QED) is 0.819. The third-order valence-corrected chi connectivity index (χ3v) is 3.71. The molecule has 1 aromatic heterocycles. The fourth-order valence-corrected chi connectivity index (χ4v) is 2.56. The van der Waals surface area contributed by atoms with Crippen molar-refractivity contribution in [3.05, 3.63) is 59.4 Å². The van der Waals surface area contributed by atoms with Gasteiger partial charge in [0.05, 0.1) is 5.69 Å². The van der Waals surface area contributed by atoms with E-state index in [1.165, 1.54) is 11.1 Å². The molecule has 0 bridgehead atoms. The van der Waals surface area contributed by atoms with Crippen molar-refractivity contribution in [1.82, 2.24) is 9.88 Å². The highest BCUT2D eigenvalue weighted by Crippen LogP contribution is 2.32. The minimum atomic E-state index is 0.318. The molecule has 1 atom stereocenters. The van der Waals surface area contributed by atoms with Gasteiger partial charge in [-0.05, 0) is 36.2 Å². The van der Waals surface area contributed by atoms with Crippen molar-refractivity contribution in [3.8, 4) is 0 Å². The first-order valence-electron chi connectivity index (χ1n) is 6.27. The van der Waals surface area contributed by atoms with Gasteiger partial charge in [-0.25, -0.2) is 0 Å². The number of nitrogens with two attached hydrogens (primary N) is 1. The van der Waals surface area contributed by atoms with Crippen molar-refractivity contribution in [1.29, 1.82) is 0 Å². The van der Waals surface area contributed by atoms with E-state index < -0.39 is 0 Å². The number of pyridine rings is 1. The molecule has 2 N–H and O–H groups in total. The largest absolute Gasteiger partial charge is 0.398 e. The summed E-state index contributed by atoms with van der Waals surface area (Å²) in [4.78, 5) is 6.84. The zero-order chi connectivity index (χ0) is 12.5. The molecule has 1 aliphatic rings. The van der Waals surface area contributed by atoms with E-state index in [1.54, 1.807) is 0 Å². The van der Waals surface area contributed by atoms with Crippen LogP contribution in [0.3, 0.4) is 0 Å². The Labute approximate surface area is 107 Å². The summed E-state index contributed by atoms with van der Waals surface area (Å²) in [6.45, 7) is 4.07. The van der Waals surface area contributed by atoms with E-state index >= 15 is 0 Å². The van der Waals surface area contributed by atoms with Crippen LogP contribution in [0.4, 0.5) is 5.69 Å². The van der Waals surface area contributed by atoms with Crippen LogP contribution in [0.2, 0.25) is 0 Å². The summed E-state index contributed by atoms with van der Waals surface area (Å²) in [6.07, 6.45) is 1.85. The molecule has 0 aliphatic carbocycles. The molecule has 3 rings (SSSR count). The highest BCUT2D eigenvalue weighted by Gasteiger charge is 2.25. The lowest BCUT2D eigenvalue weighted by Crippen LogP contribution is -2.21. The summed E-state index contributed by atoms with van der Waals surface area (Å²) in [5.74, 6) is 0. The summed E-state index contributed by atoms with van der Waals surface area (Å²) in [6, 6.07) is 12.6. The fourth-order valence-electron chi connectivity index (χ4n) is 2.56. The zero-order valence-corrected chi connectivity index (χ0v) is 10.5. The summed E-state index contributed by atoms with van der Waals surface area (Å²) >= 11 is 0. The van der Waals surface area contributed by atoms with Crippen molar-refractivity contribution >= 4 is 5.69 Å². The van der Waals surface area contributed by atoms with Crippen LogP contribution < -0.4 is 5.73 Å². The monoisotopic (exact) mass is 239 g/mol. The molecular weight excluding hydrogens is 222 g/mol. The predicted molar refractivity (Wildman–Crippen MR) is 72.8 cm³/mol. The number of nitrogen functional groups attached to an aromatic ring is 1. The van der Waals surface area contributed by atoms with Crippen LogP contribution in [-0.4, -0.2) is 9.88 Å². The smallest absolute Gasteiger partial charge is 0.0572 e. The topological polar surface area (TPSA) is 42.2 Å². The number of aromatic nitrogens is 1. The maximum Gasteiger partial charge on any atom is 0.0572 e. The van der Waals surface area contributed by atoms with Gasteiger partial charge in [0.1, 0.15) is 0 Å². The van der Waals surface area contributed by atoms with E-state index in [4.69, 9.17) is 5.73 Å². The van der Waals surface area contributed by atoms with Crippen LogP contribution in [0.25, 0.3) is 0 Å². The average Bonchev–Trinajstić information content (AvgIpc) is 2.84. The number of anilines is 1. The molecule has 0 amide bonds. The zero-order valence-electron chi connectivity index (χ0n) is 10.5. The Balaban J connectivity index is 1.84. The normalized spacial score (nSPS) is 16.5. The van der Waals surface area contributed by atoms with Crippen molar-refractivity contribution in [2.45, 2.75) is 26.1 Å². The van der Waals surface area contributed by atoms with Gasteiger partial charge in [0.25, 0.3) is 0 Å². The van der Waals surface area contributed by atoms with Crippen molar-refractivity contribution in [2.75, 3.05) is 5.73 Å². The Bertz CT molecular complexity index is 551. The van der Waals surface area contributed by atoms with Gasteiger partial charge in [-0.2, -0.15) is 0 Å². The van der Waals surface area contributed by atoms with Gasteiger partial charge in [0, 0.05) is 31.0 Å². The molecule has 1 unspecified atom stereocenters. The molecule has 0 saturated carbocycles. The number of nitrogens with zero attached hydrogens (tertiary/aromatic N) is 2. The fraction of sp³-hybridized carbons (Fsp3) is 0.267. The molecule has 3 heteroatoms. The molecule has 0 radical (unpaired) electrons. The molecule has 2 aromatic rings. The third-order valence-electron chi connectivity index (χ3n) is 3.71. The second-order valence-corrected chi connectivity index (χ2v) is 4.82. The van der Waals surface area contributed by atoms with Crippen LogP contribution in [-0.2, 0) is 13.1 Å². The Morgan fingerprint density at radius 3 is 2.78 bits per heavy atom. The van der Waals surface area contributed by atoms with Crippen molar-refractivity contribution < 1.29 is 0 Å². The van der Waals surface area contributed by atoms with Gasteiger partial charge in [-0.1, -0.05) is 18.2 Å². The standard InChI is InChI=1S/C15H17N3/c1-11(15-7-2-3-8-17-15)18-9-12-5-4-6-14(16)13(12)10-18/h2-8,11H,9-10,16H2,1H3. The SMILES string of the molecule is CC(c1ccccn1)N1Cc2cccc(N)c2C1. The van der Waals surface area contributed by atoms with Gasteiger partial charge >= 0.3 is 0 Å². The highest BCUT2D eigenvalue weighted by molar-refractivity contribution is 5.52. The van der Waals surface area contributed by atoms with Crippen molar-refractivity contribution in [3.63, 3.8) is 0 Å². The molecule has 0 fully saturated rings. The van der Waals surface area contributed by atoms with Gasteiger partial charge in [0.15, 0.2) is 0 Å². The maximum atomic E-state index is 6.03. The van der Waals surface area contributed by atoms with Crippen molar-refractivity contribution in [2.24, 2.45) is 0 Å². The maximum absolute atomic E-state index is 6.03. The van der Waals surface area contributed by atoms with Crippen LogP contribution >= 0.6 is 0 Å². The van der Waals surface area contributed by atoms with Crippen LogP contribution in [0.5, 0.6) is 0 Å².